The molecule has 0 atom stereocenters. The number of methoxy groups -OCH3 is 2. The van der Waals surface area contributed by atoms with Crippen LogP contribution in [-0.4, -0.2) is 14.2 Å². The quantitative estimate of drug-likeness (QED) is 0.186. The van der Waals surface area contributed by atoms with Crippen molar-refractivity contribution >= 4 is 22.6 Å². The SMILES string of the molecule is COc1ccc(OC)c(-c2c(C)cc(C(c3ccccc3)c3ccccc3)cc2C)c1I. The van der Waals surface area contributed by atoms with Gasteiger partial charge in [0.1, 0.15) is 11.5 Å². The Hall–Kier alpha value is -2.79. The molecule has 0 aliphatic heterocycles. The maximum absolute atomic E-state index is 5.75. The molecule has 0 spiro atoms. The van der Waals surface area contributed by atoms with Gasteiger partial charge in [0.2, 0.25) is 0 Å². The van der Waals surface area contributed by atoms with Gasteiger partial charge in [-0.3, -0.25) is 0 Å². The summed E-state index contributed by atoms with van der Waals surface area (Å²) in [4.78, 5) is 0. The first kappa shape index (κ1) is 22.4. The zero-order chi connectivity index (χ0) is 22.7. The van der Waals surface area contributed by atoms with Gasteiger partial charge in [0, 0.05) is 11.5 Å². The van der Waals surface area contributed by atoms with Crippen molar-refractivity contribution in [3.8, 4) is 22.6 Å². The molecule has 0 aliphatic rings. The van der Waals surface area contributed by atoms with Gasteiger partial charge in [0.25, 0.3) is 0 Å². The van der Waals surface area contributed by atoms with Crippen LogP contribution in [0.4, 0.5) is 0 Å². The molecule has 0 saturated heterocycles. The Morgan fingerprint density at radius 3 is 1.53 bits per heavy atom. The average molecular weight is 534 g/mol. The van der Waals surface area contributed by atoms with Gasteiger partial charge < -0.3 is 9.47 Å². The molecule has 2 nitrogen and oxygen atoms in total. The van der Waals surface area contributed by atoms with Crippen molar-refractivity contribution in [1.82, 2.24) is 0 Å². The lowest BCUT2D eigenvalue weighted by atomic mass is 9.82. The van der Waals surface area contributed by atoms with Gasteiger partial charge >= 0.3 is 0 Å². The second-order valence-electron chi connectivity index (χ2n) is 7.94. The van der Waals surface area contributed by atoms with E-state index in [1.807, 2.05) is 12.1 Å². The van der Waals surface area contributed by atoms with E-state index in [0.29, 0.717) is 0 Å². The Bertz CT molecular complexity index is 1150. The van der Waals surface area contributed by atoms with Crippen LogP contribution in [0.5, 0.6) is 11.5 Å². The highest BCUT2D eigenvalue weighted by Crippen LogP contribution is 2.44. The molecule has 32 heavy (non-hydrogen) atoms. The Kier molecular flexibility index (Phi) is 6.85. The molecule has 3 heteroatoms. The molecule has 4 aromatic rings. The minimum absolute atomic E-state index is 0.176. The van der Waals surface area contributed by atoms with E-state index in [2.05, 4.69) is 109 Å². The van der Waals surface area contributed by atoms with Crippen molar-refractivity contribution in [2.45, 2.75) is 19.8 Å². The van der Waals surface area contributed by atoms with E-state index in [1.54, 1.807) is 14.2 Å². The number of aryl methyl sites for hydroxylation is 2. The van der Waals surface area contributed by atoms with Gasteiger partial charge in [-0.15, -0.1) is 0 Å². The number of halogens is 1. The molecular formula is C29H27IO2. The Labute approximate surface area is 204 Å². The van der Waals surface area contributed by atoms with Crippen LogP contribution in [0.25, 0.3) is 11.1 Å². The second kappa shape index (κ2) is 9.78. The van der Waals surface area contributed by atoms with Crippen LogP contribution in [0.1, 0.15) is 33.7 Å². The summed E-state index contributed by atoms with van der Waals surface area (Å²) in [7, 11) is 3.43. The summed E-state index contributed by atoms with van der Waals surface area (Å²) >= 11 is 2.36. The molecule has 0 amide bonds. The van der Waals surface area contributed by atoms with Gasteiger partial charge in [-0.1, -0.05) is 72.8 Å². The summed E-state index contributed by atoms with van der Waals surface area (Å²) < 4.78 is 12.4. The van der Waals surface area contributed by atoms with Crippen LogP contribution in [0, 0.1) is 17.4 Å². The van der Waals surface area contributed by atoms with Crippen LogP contribution in [0.15, 0.2) is 84.9 Å². The first-order valence-corrected chi connectivity index (χ1v) is 11.7. The van der Waals surface area contributed by atoms with Crippen LogP contribution in [0.2, 0.25) is 0 Å². The Balaban J connectivity index is 1.91. The van der Waals surface area contributed by atoms with Crippen molar-refractivity contribution in [3.05, 3.63) is 116 Å². The summed E-state index contributed by atoms with van der Waals surface area (Å²) in [5.74, 6) is 1.89. The molecule has 0 heterocycles. The van der Waals surface area contributed by atoms with E-state index in [0.717, 1.165) is 20.6 Å². The molecule has 0 aliphatic carbocycles. The van der Waals surface area contributed by atoms with Gasteiger partial charge in [-0.2, -0.15) is 0 Å². The summed E-state index contributed by atoms with van der Waals surface area (Å²) in [6, 6.07) is 30.0. The second-order valence-corrected chi connectivity index (χ2v) is 9.02. The van der Waals surface area contributed by atoms with Crippen molar-refractivity contribution < 1.29 is 9.47 Å². The van der Waals surface area contributed by atoms with Gasteiger partial charge in [-0.25, -0.2) is 0 Å². The van der Waals surface area contributed by atoms with Crippen molar-refractivity contribution in [3.63, 3.8) is 0 Å². The average Bonchev–Trinajstić information content (AvgIpc) is 2.81. The van der Waals surface area contributed by atoms with Gasteiger partial charge in [-0.05, 0) is 82.0 Å². The fourth-order valence-corrected chi connectivity index (χ4v) is 5.46. The lowest BCUT2D eigenvalue weighted by Crippen LogP contribution is -2.05. The van der Waals surface area contributed by atoms with Crippen LogP contribution in [-0.2, 0) is 0 Å². The normalized spacial score (nSPS) is 10.9. The zero-order valence-corrected chi connectivity index (χ0v) is 21.0. The first-order chi connectivity index (χ1) is 15.5. The molecule has 4 rings (SSSR count). The highest BCUT2D eigenvalue weighted by atomic mass is 127. The zero-order valence-electron chi connectivity index (χ0n) is 18.9. The molecule has 162 valence electrons. The highest BCUT2D eigenvalue weighted by Gasteiger charge is 2.22. The predicted octanol–water partition coefficient (Wildman–Crippen LogP) is 7.77. The Morgan fingerprint density at radius 1 is 0.594 bits per heavy atom. The fraction of sp³-hybridized carbons (Fsp3) is 0.172. The number of ether oxygens (including phenoxy) is 2. The van der Waals surface area contributed by atoms with Crippen molar-refractivity contribution in [2.75, 3.05) is 14.2 Å². The van der Waals surface area contributed by atoms with E-state index in [4.69, 9.17) is 9.47 Å². The molecule has 0 aromatic heterocycles. The van der Waals surface area contributed by atoms with Crippen LogP contribution >= 0.6 is 22.6 Å². The maximum Gasteiger partial charge on any atom is 0.133 e. The van der Waals surface area contributed by atoms with E-state index >= 15 is 0 Å². The summed E-state index contributed by atoms with van der Waals surface area (Å²) in [6.45, 7) is 4.38. The van der Waals surface area contributed by atoms with Crippen LogP contribution in [0.3, 0.4) is 0 Å². The summed E-state index contributed by atoms with van der Waals surface area (Å²) in [5.41, 5.74) is 8.61. The van der Waals surface area contributed by atoms with E-state index in [9.17, 15) is 0 Å². The molecule has 0 bridgehead atoms. The monoisotopic (exact) mass is 534 g/mol. The largest absolute Gasteiger partial charge is 0.496 e. The third kappa shape index (κ3) is 4.26. The van der Waals surface area contributed by atoms with E-state index < -0.39 is 0 Å². The Morgan fingerprint density at radius 2 is 1.06 bits per heavy atom. The number of benzene rings is 4. The number of hydrogen-bond acceptors (Lipinski definition) is 2. The highest BCUT2D eigenvalue weighted by molar-refractivity contribution is 14.1. The molecule has 4 aromatic carbocycles. The third-order valence-electron chi connectivity index (χ3n) is 5.91. The minimum atomic E-state index is 0.176. The molecule has 0 saturated carbocycles. The third-order valence-corrected chi connectivity index (χ3v) is 6.98. The van der Waals surface area contributed by atoms with Crippen molar-refractivity contribution in [1.29, 1.82) is 0 Å². The molecule has 0 radical (unpaired) electrons. The van der Waals surface area contributed by atoms with E-state index in [-0.39, 0.29) is 5.92 Å². The summed E-state index contributed by atoms with van der Waals surface area (Å²) in [6.07, 6.45) is 0. The van der Waals surface area contributed by atoms with Gasteiger partial charge in [0.05, 0.1) is 17.8 Å². The summed E-state index contributed by atoms with van der Waals surface area (Å²) in [5, 5.41) is 0. The van der Waals surface area contributed by atoms with Gasteiger partial charge in [0.15, 0.2) is 0 Å². The van der Waals surface area contributed by atoms with Crippen molar-refractivity contribution in [2.24, 2.45) is 0 Å². The van der Waals surface area contributed by atoms with Crippen LogP contribution < -0.4 is 9.47 Å². The smallest absolute Gasteiger partial charge is 0.133 e. The maximum atomic E-state index is 5.75. The lowest BCUT2D eigenvalue weighted by Gasteiger charge is -2.23. The van der Waals surface area contributed by atoms with E-state index in [1.165, 1.54) is 33.4 Å². The lowest BCUT2D eigenvalue weighted by molar-refractivity contribution is 0.402. The number of rotatable bonds is 6. The number of hydrogen-bond donors (Lipinski definition) is 0. The predicted molar refractivity (Wildman–Crippen MR) is 141 cm³/mol. The first-order valence-electron chi connectivity index (χ1n) is 10.7. The standard InChI is InChI=1S/C29H27IO2/c1-19-17-23(27(21-11-7-5-8-12-21)22-13-9-6-10-14-22)18-20(2)26(19)28-24(31-3)15-16-25(32-4)29(28)30/h5-18,27H,1-4H3. The minimum Gasteiger partial charge on any atom is -0.496 e. The molecule has 0 fully saturated rings. The molecule has 0 N–H and O–H groups in total. The molecular weight excluding hydrogens is 507 g/mol. The molecule has 0 unspecified atom stereocenters. The fourth-order valence-electron chi connectivity index (χ4n) is 4.53. The topological polar surface area (TPSA) is 18.5 Å².